The van der Waals surface area contributed by atoms with Gasteiger partial charge in [0.05, 0.1) is 16.7 Å². The third kappa shape index (κ3) is 5.25. The van der Waals surface area contributed by atoms with Crippen molar-refractivity contribution in [2.75, 3.05) is 22.9 Å². The van der Waals surface area contributed by atoms with Crippen LogP contribution >= 0.6 is 0 Å². The second-order valence-electron chi connectivity index (χ2n) is 10.1. The van der Waals surface area contributed by atoms with Crippen molar-refractivity contribution in [3.05, 3.63) is 127 Å². The minimum atomic E-state index is 0. The smallest absolute Gasteiger partial charge is 0.118 e. The average molecular weight is 569 g/mol. The Balaban J connectivity index is 0.000000184. The van der Waals surface area contributed by atoms with Gasteiger partial charge in [0.2, 0.25) is 0 Å². The normalized spacial score (nSPS) is 12.2. The first-order chi connectivity index (χ1) is 19.8. The number of nitrogens with zero attached hydrogens (tertiary/aromatic N) is 4. The molecule has 0 N–H and O–H groups in total. The first-order valence-corrected chi connectivity index (χ1v) is 14.1. The molecule has 2 aliphatic heterocycles. The van der Waals surface area contributed by atoms with Crippen molar-refractivity contribution in [3.63, 3.8) is 0 Å². The molecule has 4 aromatic carbocycles. The van der Waals surface area contributed by atoms with Gasteiger partial charge >= 0.3 is 0 Å². The van der Waals surface area contributed by atoms with Crippen LogP contribution in [0.5, 0.6) is 0 Å². The predicted octanol–water partition coefficient (Wildman–Crippen LogP) is 11.1. The van der Waals surface area contributed by atoms with E-state index in [1.807, 2.05) is 0 Å². The largest absolute Gasteiger partial charge is 0.334 e. The van der Waals surface area contributed by atoms with Crippen LogP contribution in [0.2, 0.25) is 0 Å². The Morgan fingerprint density at radius 3 is 1.74 bits per heavy atom. The van der Waals surface area contributed by atoms with E-state index in [1.165, 1.54) is 55.9 Å². The Morgan fingerprint density at radius 2 is 1.05 bits per heavy atom. The molecule has 6 aromatic rings. The van der Waals surface area contributed by atoms with Crippen LogP contribution in [-0.2, 0) is 0 Å². The van der Waals surface area contributed by atoms with Gasteiger partial charge in [0, 0.05) is 47.5 Å². The van der Waals surface area contributed by atoms with Crippen molar-refractivity contribution in [2.45, 2.75) is 36.1 Å². The first kappa shape index (κ1) is 31.0. The van der Waals surface area contributed by atoms with Crippen LogP contribution in [0.15, 0.2) is 115 Å². The molecule has 0 spiro atoms. The molecule has 0 bridgehead atoms. The molecule has 0 atom stereocenters. The van der Waals surface area contributed by atoms with E-state index in [1.54, 1.807) is 0 Å². The highest BCUT2D eigenvalue weighted by molar-refractivity contribution is 5.93. The molecule has 0 aliphatic carbocycles. The van der Waals surface area contributed by atoms with Crippen molar-refractivity contribution in [1.29, 1.82) is 0 Å². The van der Waals surface area contributed by atoms with Gasteiger partial charge in [-0.25, -0.2) is 0 Å². The summed E-state index contributed by atoms with van der Waals surface area (Å²) in [6.45, 7) is 6.29. The molecule has 0 amide bonds. The van der Waals surface area contributed by atoms with Gasteiger partial charge in [-0.3, -0.25) is 4.57 Å². The maximum Gasteiger partial charge on any atom is 0.118 e. The lowest BCUT2D eigenvalue weighted by atomic mass is 10.1. The zero-order valence-corrected chi connectivity index (χ0v) is 22.9. The Kier molecular flexibility index (Phi) is 9.30. The van der Waals surface area contributed by atoms with Crippen LogP contribution in [0, 0.1) is 0 Å². The number of aromatic nitrogens is 2. The highest BCUT2D eigenvalue weighted by Crippen LogP contribution is 2.37. The Bertz CT molecular complexity index is 1900. The maximum atomic E-state index is 2.37. The number of anilines is 3. The highest BCUT2D eigenvalue weighted by Gasteiger charge is 2.19. The minimum absolute atomic E-state index is 0. The van der Waals surface area contributed by atoms with Crippen molar-refractivity contribution in [1.82, 2.24) is 9.13 Å². The SMILES string of the molecule is C.C.C.CCN1C=Cc2ccccc2-n2c1cc1ccccc12.CCN1c2ccccc2C=Cn2c1cc1ccccc12. The standard InChI is InChI=1S/2C18H16N2.3CH4/c1-2-19-16-9-5-3-7-14(16)11-12-20-17-10-6-4-8-15(17)13-18(19)20;1-2-19-12-11-14-7-3-5-9-16(14)20-17-10-6-4-8-15(17)13-18(19)20;;;/h2*3-13H,2H2,1H3;3*1H4. The quantitative estimate of drug-likeness (QED) is 0.207. The average Bonchev–Trinajstić information content (AvgIpc) is 3.46. The van der Waals surface area contributed by atoms with Crippen LogP contribution in [-0.4, -0.2) is 22.2 Å². The Labute approximate surface area is 257 Å². The summed E-state index contributed by atoms with van der Waals surface area (Å²) < 4.78 is 4.63. The minimum Gasteiger partial charge on any atom is -0.334 e. The summed E-state index contributed by atoms with van der Waals surface area (Å²) in [6, 6.07) is 38.8. The maximum absolute atomic E-state index is 2.37. The summed E-state index contributed by atoms with van der Waals surface area (Å²) in [5.74, 6) is 2.46. The molecule has 0 radical (unpaired) electrons. The lowest BCUT2D eigenvalue weighted by molar-refractivity contribution is 0.960. The van der Waals surface area contributed by atoms with Crippen molar-refractivity contribution in [2.24, 2.45) is 0 Å². The molecule has 0 unspecified atom stereocenters. The Morgan fingerprint density at radius 1 is 0.512 bits per heavy atom. The molecule has 220 valence electrons. The Hall–Kier alpha value is -4.96. The van der Waals surface area contributed by atoms with Crippen molar-refractivity contribution in [3.8, 4) is 5.69 Å². The van der Waals surface area contributed by atoms with E-state index in [4.69, 9.17) is 0 Å². The zero-order chi connectivity index (χ0) is 27.1. The number of hydrogen-bond acceptors (Lipinski definition) is 2. The topological polar surface area (TPSA) is 16.3 Å². The predicted molar refractivity (Wildman–Crippen MR) is 192 cm³/mol. The number of hydrogen-bond donors (Lipinski definition) is 0. The van der Waals surface area contributed by atoms with Gasteiger partial charge < -0.3 is 14.4 Å². The first-order valence-electron chi connectivity index (χ1n) is 14.1. The van der Waals surface area contributed by atoms with Crippen LogP contribution in [0.25, 0.3) is 45.8 Å². The number of fused-ring (bicyclic) bond motifs is 9. The molecule has 4 heteroatoms. The van der Waals surface area contributed by atoms with E-state index in [0.29, 0.717) is 0 Å². The van der Waals surface area contributed by atoms with Gasteiger partial charge in [0.15, 0.2) is 0 Å². The van der Waals surface area contributed by atoms with E-state index in [0.717, 1.165) is 13.1 Å². The molecule has 4 nitrogen and oxygen atoms in total. The second kappa shape index (κ2) is 12.9. The molecule has 43 heavy (non-hydrogen) atoms. The summed E-state index contributed by atoms with van der Waals surface area (Å²) >= 11 is 0. The second-order valence-corrected chi connectivity index (χ2v) is 10.1. The van der Waals surface area contributed by atoms with E-state index < -0.39 is 0 Å². The molecule has 0 fully saturated rings. The fourth-order valence-corrected chi connectivity index (χ4v) is 5.96. The number of rotatable bonds is 2. The lowest BCUT2D eigenvalue weighted by Gasteiger charge is -2.23. The summed E-state index contributed by atoms with van der Waals surface area (Å²) in [5.41, 5.74) is 7.55. The van der Waals surface area contributed by atoms with Crippen LogP contribution in [0.1, 0.15) is 47.3 Å². The third-order valence-corrected chi connectivity index (χ3v) is 7.89. The fraction of sp³-hybridized carbons (Fsp3) is 0.179. The number of benzene rings is 4. The molecule has 0 saturated heterocycles. The molecule has 2 aromatic heterocycles. The van der Waals surface area contributed by atoms with Gasteiger partial charge in [-0.2, -0.15) is 0 Å². The van der Waals surface area contributed by atoms with E-state index >= 15 is 0 Å². The van der Waals surface area contributed by atoms with E-state index in [-0.39, 0.29) is 22.3 Å². The number of para-hydroxylation sites is 4. The van der Waals surface area contributed by atoms with Crippen molar-refractivity contribution >= 4 is 57.5 Å². The van der Waals surface area contributed by atoms with Crippen LogP contribution < -0.4 is 9.80 Å². The van der Waals surface area contributed by atoms with Crippen molar-refractivity contribution < 1.29 is 0 Å². The monoisotopic (exact) mass is 568 g/mol. The third-order valence-electron chi connectivity index (χ3n) is 7.89. The molecule has 0 saturated carbocycles. The summed E-state index contributed by atoms with van der Waals surface area (Å²) in [5, 5.41) is 2.57. The molecule has 4 heterocycles. The fourth-order valence-electron chi connectivity index (χ4n) is 5.96. The summed E-state index contributed by atoms with van der Waals surface area (Å²) in [4.78, 5) is 4.66. The zero-order valence-electron chi connectivity index (χ0n) is 22.9. The van der Waals surface area contributed by atoms with Gasteiger partial charge in [0.25, 0.3) is 0 Å². The van der Waals surface area contributed by atoms with Crippen LogP contribution in [0.4, 0.5) is 17.3 Å². The molecule has 8 rings (SSSR count). The van der Waals surface area contributed by atoms with E-state index in [9.17, 15) is 0 Å². The molecular weight excluding hydrogens is 524 g/mol. The highest BCUT2D eigenvalue weighted by atomic mass is 15.2. The van der Waals surface area contributed by atoms with Gasteiger partial charge in [0.1, 0.15) is 11.6 Å². The summed E-state index contributed by atoms with van der Waals surface area (Å²) in [6.07, 6.45) is 8.74. The lowest BCUT2D eigenvalue weighted by Crippen LogP contribution is -2.18. The van der Waals surface area contributed by atoms with Gasteiger partial charge in [-0.15, -0.1) is 0 Å². The molecular formula is C39H44N4. The molecule has 2 aliphatic rings. The summed E-state index contributed by atoms with van der Waals surface area (Å²) in [7, 11) is 0. The van der Waals surface area contributed by atoms with Crippen LogP contribution in [0.3, 0.4) is 0 Å². The van der Waals surface area contributed by atoms with Gasteiger partial charge in [-0.05, 0) is 68.0 Å². The van der Waals surface area contributed by atoms with E-state index in [2.05, 4.69) is 167 Å². The van der Waals surface area contributed by atoms with Gasteiger partial charge in [-0.1, -0.05) is 95.1 Å².